The second-order valence-electron chi connectivity index (χ2n) is 3.95. The highest BCUT2D eigenvalue weighted by molar-refractivity contribution is 7.18. The molecule has 1 atom stereocenters. The van der Waals surface area contributed by atoms with Crippen molar-refractivity contribution < 1.29 is 23.5 Å². The molecule has 0 saturated carbocycles. The molecule has 2 N–H and O–H groups in total. The Labute approximate surface area is 121 Å². The summed E-state index contributed by atoms with van der Waals surface area (Å²) in [4.78, 5) is 25.4. The molecule has 1 unspecified atom stereocenters. The molecular weight excluding hydrogens is 312 g/mol. The summed E-state index contributed by atoms with van der Waals surface area (Å²) in [6.45, 7) is 0. The predicted molar refractivity (Wildman–Crippen MR) is 69.8 cm³/mol. The Morgan fingerprint density at radius 2 is 2.05 bits per heavy atom. The lowest BCUT2D eigenvalue weighted by molar-refractivity contribution is -0.166. The second-order valence-corrected chi connectivity index (χ2v) is 5.67. The molecule has 0 aliphatic rings. The van der Waals surface area contributed by atoms with Crippen molar-refractivity contribution in [3.8, 4) is 0 Å². The fourth-order valence-electron chi connectivity index (χ4n) is 1.74. The van der Waals surface area contributed by atoms with Gasteiger partial charge in [-0.1, -0.05) is 11.6 Å². The molecule has 2 aromatic heterocycles. The van der Waals surface area contributed by atoms with Gasteiger partial charge in [0.1, 0.15) is 5.92 Å². The third kappa shape index (κ3) is 2.59. The Kier molecular flexibility index (Phi) is 3.92. The first-order valence-electron chi connectivity index (χ1n) is 5.38. The minimum atomic E-state index is -4.22. The number of H-pyrrole nitrogens is 1. The molecule has 0 spiro atoms. The molecule has 0 saturated heterocycles. The van der Waals surface area contributed by atoms with Crippen LogP contribution in [0.2, 0.25) is 4.34 Å². The second kappa shape index (κ2) is 5.34. The molecule has 2 heterocycles. The van der Waals surface area contributed by atoms with Crippen molar-refractivity contribution in [1.29, 1.82) is 0 Å². The number of halogens is 3. The summed E-state index contributed by atoms with van der Waals surface area (Å²) in [5.74, 6) is -9.69. The number of thiophene rings is 1. The number of aliphatic carboxylic acids is 1. The summed E-state index contributed by atoms with van der Waals surface area (Å²) in [6, 6.07) is 5.34. The number of carbonyl (C=O) groups excluding carboxylic acids is 1. The van der Waals surface area contributed by atoms with Gasteiger partial charge >= 0.3 is 11.9 Å². The lowest BCUT2D eigenvalue weighted by Crippen LogP contribution is -2.40. The van der Waals surface area contributed by atoms with Crippen LogP contribution >= 0.6 is 22.9 Å². The van der Waals surface area contributed by atoms with Gasteiger partial charge in [0, 0.05) is 11.9 Å². The molecular formula is C12H8ClF2NO3S. The average molecular weight is 320 g/mol. The quantitative estimate of drug-likeness (QED) is 0.830. The summed E-state index contributed by atoms with van der Waals surface area (Å²) < 4.78 is 28.0. The Morgan fingerprint density at radius 1 is 1.35 bits per heavy atom. The van der Waals surface area contributed by atoms with Crippen LogP contribution in [0.1, 0.15) is 21.3 Å². The zero-order chi connectivity index (χ0) is 14.9. The predicted octanol–water partition coefficient (Wildman–Crippen LogP) is 3.42. The summed E-state index contributed by atoms with van der Waals surface area (Å²) in [7, 11) is 0. The van der Waals surface area contributed by atoms with Crippen LogP contribution in [0.3, 0.4) is 0 Å². The van der Waals surface area contributed by atoms with E-state index in [2.05, 4.69) is 4.98 Å². The summed E-state index contributed by atoms with van der Waals surface area (Å²) in [5.41, 5.74) is -0.160. The van der Waals surface area contributed by atoms with E-state index in [1.54, 1.807) is 0 Å². The first kappa shape index (κ1) is 14.7. The van der Waals surface area contributed by atoms with E-state index in [9.17, 15) is 18.4 Å². The number of carbonyl (C=O) groups is 2. The van der Waals surface area contributed by atoms with Gasteiger partial charge in [0.2, 0.25) is 0 Å². The molecule has 2 rings (SSSR count). The van der Waals surface area contributed by atoms with Crippen LogP contribution in [0, 0.1) is 0 Å². The van der Waals surface area contributed by atoms with E-state index in [0.29, 0.717) is 0 Å². The van der Waals surface area contributed by atoms with Crippen LogP contribution in [0.15, 0.2) is 30.5 Å². The van der Waals surface area contributed by atoms with Crippen molar-refractivity contribution in [3.05, 3.63) is 45.4 Å². The van der Waals surface area contributed by atoms with E-state index in [-0.39, 0.29) is 14.9 Å². The highest BCUT2D eigenvalue weighted by Crippen LogP contribution is 2.37. The number of carboxylic acids is 1. The van der Waals surface area contributed by atoms with Gasteiger partial charge in [0.05, 0.1) is 9.21 Å². The molecule has 0 bridgehead atoms. The highest BCUT2D eigenvalue weighted by Gasteiger charge is 2.53. The van der Waals surface area contributed by atoms with Gasteiger partial charge in [-0.05, 0) is 24.3 Å². The van der Waals surface area contributed by atoms with Crippen LogP contribution in [0.5, 0.6) is 0 Å². The lowest BCUT2D eigenvalue weighted by Gasteiger charge is -2.20. The van der Waals surface area contributed by atoms with Crippen molar-refractivity contribution in [2.24, 2.45) is 0 Å². The number of Topliss-reactive ketones (excluding diaryl/α,β-unsaturated/α-hetero) is 1. The topological polar surface area (TPSA) is 70.2 Å². The number of rotatable bonds is 5. The highest BCUT2D eigenvalue weighted by atomic mass is 35.5. The molecule has 20 heavy (non-hydrogen) atoms. The van der Waals surface area contributed by atoms with Crippen LogP contribution in [-0.2, 0) is 4.79 Å². The van der Waals surface area contributed by atoms with E-state index in [1.807, 2.05) is 0 Å². The molecule has 106 valence electrons. The van der Waals surface area contributed by atoms with Crippen LogP contribution < -0.4 is 0 Å². The van der Waals surface area contributed by atoms with E-state index < -0.39 is 23.6 Å². The van der Waals surface area contributed by atoms with Gasteiger partial charge < -0.3 is 10.1 Å². The van der Waals surface area contributed by atoms with Gasteiger partial charge in [-0.25, -0.2) is 4.79 Å². The third-order valence-electron chi connectivity index (χ3n) is 2.66. The van der Waals surface area contributed by atoms with Crippen LogP contribution in [0.25, 0.3) is 0 Å². The van der Waals surface area contributed by atoms with Gasteiger partial charge in [0.15, 0.2) is 5.78 Å². The Morgan fingerprint density at radius 3 is 2.50 bits per heavy atom. The normalized spacial score (nSPS) is 13.2. The minimum absolute atomic E-state index is 0.0180. The maximum absolute atomic E-state index is 13.8. The maximum Gasteiger partial charge on any atom is 0.375 e. The summed E-state index contributed by atoms with van der Waals surface area (Å²) in [5, 5.41) is 8.67. The minimum Gasteiger partial charge on any atom is -0.477 e. The average Bonchev–Trinajstić information content (AvgIpc) is 3.00. The number of hydrogen-bond donors (Lipinski definition) is 2. The van der Waals surface area contributed by atoms with Crippen LogP contribution in [0.4, 0.5) is 8.78 Å². The maximum atomic E-state index is 13.8. The van der Waals surface area contributed by atoms with Crippen molar-refractivity contribution in [2.75, 3.05) is 0 Å². The number of aromatic amines is 1. The number of carboxylic acid groups (broad SMARTS) is 1. The molecule has 0 aromatic carbocycles. The molecule has 0 radical (unpaired) electrons. The van der Waals surface area contributed by atoms with Crippen molar-refractivity contribution in [3.63, 3.8) is 0 Å². The summed E-state index contributed by atoms with van der Waals surface area (Å²) in [6.07, 6.45) is 1.34. The standard InChI is InChI=1S/C12H8ClF2NO3S/c13-8-4-3-7(20-8)10(17)9(6-2-1-5-16-6)12(14,15)11(18)19/h1-5,9,16H,(H,18,19). The Balaban J connectivity index is 2.48. The van der Waals surface area contributed by atoms with Crippen molar-refractivity contribution in [1.82, 2.24) is 4.98 Å². The largest absolute Gasteiger partial charge is 0.477 e. The molecule has 0 aliphatic heterocycles. The number of aromatic nitrogens is 1. The SMILES string of the molecule is O=C(c1ccc(Cl)s1)C(c1ccc[nH]1)C(F)(F)C(=O)O. The van der Waals surface area contributed by atoms with Gasteiger partial charge in [-0.2, -0.15) is 8.78 Å². The fourth-order valence-corrected chi connectivity index (χ4v) is 2.75. The molecule has 8 heteroatoms. The van der Waals surface area contributed by atoms with E-state index in [1.165, 1.54) is 30.5 Å². The van der Waals surface area contributed by atoms with Crippen molar-refractivity contribution in [2.45, 2.75) is 11.8 Å². The van der Waals surface area contributed by atoms with E-state index in [4.69, 9.17) is 16.7 Å². The molecule has 2 aromatic rings. The summed E-state index contributed by atoms with van der Waals surface area (Å²) >= 11 is 6.49. The monoisotopic (exact) mass is 319 g/mol. The van der Waals surface area contributed by atoms with E-state index in [0.717, 1.165) is 11.3 Å². The Hall–Kier alpha value is -1.73. The van der Waals surface area contributed by atoms with Gasteiger partial charge in [-0.15, -0.1) is 11.3 Å². The molecule has 4 nitrogen and oxygen atoms in total. The smallest absolute Gasteiger partial charge is 0.375 e. The first-order chi connectivity index (χ1) is 9.34. The zero-order valence-electron chi connectivity index (χ0n) is 9.77. The molecule has 0 aliphatic carbocycles. The zero-order valence-corrected chi connectivity index (χ0v) is 11.3. The number of hydrogen-bond acceptors (Lipinski definition) is 3. The fraction of sp³-hybridized carbons (Fsp3) is 0.167. The lowest BCUT2D eigenvalue weighted by atomic mass is 9.92. The molecule has 0 fully saturated rings. The van der Waals surface area contributed by atoms with Crippen molar-refractivity contribution >= 4 is 34.7 Å². The van der Waals surface area contributed by atoms with Gasteiger partial charge in [0.25, 0.3) is 0 Å². The molecule has 0 amide bonds. The number of ketones is 1. The number of alkyl halides is 2. The first-order valence-corrected chi connectivity index (χ1v) is 6.57. The van der Waals surface area contributed by atoms with Gasteiger partial charge in [-0.3, -0.25) is 4.79 Å². The van der Waals surface area contributed by atoms with Crippen LogP contribution in [-0.4, -0.2) is 27.8 Å². The third-order valence-corrected chi connectivity index (χ3v) is 3.90. The Bertz CT molecular complexity index is 639. The number of nitrogens with one attached hydrogen (secondary N) is 1. The van der Waals surface area contributed by atoms with E-state index >= 15 is 0 Å².